The summed E-state index contributed by atoms with van der Waals surface area (Å²) in [6, 6.07) is 14.1. The van der Waals surface area contributed by atoms with E-state index in [9.17, 15) is 4.39 Å². The lowest BCUT2D eigenvalue weighted by molar-refractivity contribution is 0.426. The lowest BCUT2D eigenvalue weighted by Gasteiger charge is -2.24. The van der Waals surface area contributed by atoms with Gasteiger partial charge in [-0.2, -0.15) is 0 Å². The molecule has 0 nitrogen and oxygen atoms in total. The van der Waals surface area contributed by atoms with Gasteiger partial charge in [0.1, 0.15) is 5.82 Å². The predicted molar refractivity (Wildman–Crippen MR) is 81.4 cm³/mol. The van der Waals surface area contributed by atoms with Crippen LogP contribution in [0.5, 0.6) is 0 Å². The number of aryl methyl sites for hydroxylation is 3. The molecule has 20 heavy (non-hydrogen) atoms. The zero-order chi connectivity index (χ0) is 13.9. The van der Waals surface area contributed by atoms with Crippen LogP contribution in [0.1, 0.15) is 35.1 Å². The summed E-state index contributed by atoms with van der Waals surface area (Å²) in [6.45, 7) is 2.13. The molecule has 0 radical (unpaired) electrons. The standard InChI is InChI=1S/C19H21F/c1-14-2-4-15(5-3-14)6-7-16-8-9-18-13-19(20)11-10-17(18)12-16/h2-5,10-11,13,16H,6-9,12H2,1H3. The van der Waals surface area contributed by atoms with Crippen LogP contribution < -0.4 is 0 Å². The van der Waals surface area contributed by atoms with Crippen LogP contribution in [0.25, 0.3) is 0 Å². The van der Waals surface area contributed by atoms with Gasteiger partial charge in [0.25, 0.3) is 0 Å². The minimum atomic E-state index is -0.0955. The maximum atomic E-state index is 13.2. The van der Waals surface area contributed by atoms with Gasteiger partial charge >= 0.3 is 0 Å². The fourth-order valence-corrected chi connectivity index (χ4v) is 3.17. The highest BCUT2D eigenvalue weighted by Crippen LogP contribution is 2.29. The monoisotopic (exact) mass is 268 g/mol. The van der Waals surface area contributed by atoms with Crippen molar-refractivity contribution >= 4 is 0 Å². The molecule has 0 saturated heterocycles. The average Bonchev–Trinajstić information content (AvgIpc) is 2.46. The van der Waals surface area contributed by atoms with Crippen LogP contribution in [0.2, 0.25) is 0 Å². The third-order valence-corrected chi connectivity index (χ3v) is 4.46. The third-order valence-electron chi connectivity index (χ3n) is 4.46. The van der Waals surface area contributed by atoms with Gasteiger partial charge in [-0.3, -0.25) is 0 Å². The SMILES string of the molecule is Cc1ccc(CCC2CCc3cc(F)ccc3C2)cc1. The van der Waals surface area contributed by atoms with Gasteiger partial charge in [0, 0.05) is 0 Å². The first-order valence-corrected chi connectivity index (χ1v) is 7.53. The minimum Gasteiger partial charge on any atom is -0.207 e. The van der Waals surface area contributed by atoms with Crippen molar-refractivity contribution in [2.75, 3.05) is 0 Å². The van der Waals surface area contributed by atoms with Crippen molar-refractivity contribution in [2.45, 2.75) is 39.0 Å². The molecule has 0 bridgehead atoms. The molecule has 0 heterocycles. The first-order valence-electron chi connectivity index (χ1n) is 7.53. The number of benzene rings is 2. The van der Waals surface area contributed by atoms with E-state index < -0.39 is 0 Å². The van der Waals surface area contributed by atoms with Crippen molar-refractivity contribution in [1.82, 2.24) is 0 Å². The molecular weight excluding hydrogens is 247 g/mol. The highest BCUT2D eigenvalue weighted by Gasteiger charge is 2.18. The van der Waals surface area contributed by atoms with E-state index in [-0.39, 0.29) is 5.82 Å². The molecule has 3 rings (SSSR count). The van der Waals surface area contributed by atoms with Gasteiger partial charge in [-0.1, -0.05) is 35.9 Å². The Kier molecular flexibility index (Phi) is 3.86. The van der Waals surface area contributed by atoms with Gasteiger partial charge in [0.15, 0.2) is 0 Å². The molecule has 0 fully saturated rings. The first kappa shape index (κ1) is 13.4. The second-order valence-corrected chi connectivity index (χ2v) is 6.05. The summed E-state index contributed by atoms with van der Waals surface area (Å²) in [7, 11) is 0. The summed E-state index contributed by atoms with van der Waals surface area (Å²) in [4.78, 5) is 0. The second kappa shape index (κ2) is 5.78. The quantitative estimate of drug-likeness (QED) is 0.745. The van der Waals surface area contributed by atoms with Gasteiger partial charge in [-0.15, -0.1) is 0 Å². The van der Waals surface area contributed by atoms with E-state index in [1.165, 1.54) is 35.1 Å². The highest BCUT2D eigenvalue weighted by molar-refractivity contribution is 5.30. The number of hydrogen-bond acceptors (Lipinski definition) is 0. The van der Waals surface area contributed by atoms with Crippen molar-refractivity contribution in [1.29, 1.82) is 0 Å². The Hall–Kier alpha value is -1.63. The van der Waals surface area contributed by atoms with Crippen LogP contribution in [0.3, 0.4) is 0 Å². The maximum Gasteiger partial charge on any atom is 0.123 e. The van der Waals surface area contributed by atoms with Crippen LogP contribution in [-0.4, -0.2) is 0 Å². The van der Waals surface area contributed by atoms with E-state index in [1.807, 2.05) is 6.07 Å². The molecule has 1 aliphatic rings. The largest absolute Gasteiger partial charge is 0.207 e. The maximum absolute atomic E-state index is 13.2. The summed E-state index contributed by atoms with van der Waals surface area (Å²) in [5.41, 5.74) is 5.33. The molecule has 1 heteroatoms. The Morgan fingerprint density at radius 1 is 1.05 bits per heavy atom. The summed E-state index contributed by atoms with van der Waals surface area (Å²) >= 11 is 0. The Morgan fingerprint density at radius 2 is 1.85 bits per heavy atom. The lowest BCUT2D eigenvalue weighted by Crippen LogP contribution is -2.15. The molecule has 0 aliphatic heterocycles. The summed E-state index contributed by atoms with van der Waals surface area (Å²) in [5, 5.41) is 0. The van der Waals surface area contributed by atoms with E-state index >= 15 is 0 Å². The normalized spacial score (nSPS) is 17.8. The van der Waals surface area contributed by atoms with Gasteiger partial charge in [0.05, 0.1) is 0 Å². The molecular formula is C19H21F. The molecule has 0 amide bonds. The van der Waals surface area contributed by atoms with Crippen LogP contribution in [0.4, 0.5) is 4.39 Å². The smallest absolute Gasteiger partial charge is 0.123 e. The van der Waals surface area contributed by atoms with Gasteiger partial charge in [-0.05, 0) is 73.8 Å². The zero-order valence-corrected chi connectivity index (χ0v) is 12.0. The summed E-state index contributed by atoms with van der Waals surface area (Å²) in [6.07, 6.45) is 5.73. The topological polar surface area (TPSA) is 0 Å². The predicted octanol–water partition coefficient (Wildman–Crippen LogP) is 4.87. The number of fused-ring (bicyclic) bond motifs is 1. The molecule has 1 atom stereocenters. The molecule has 104 valence electrons. The molecule has 2 aromatic rings. The number of halogens is 1. The first-order chi connectivity index (χ1) is 9.70. The van der Waals surface area contributed by atoms with Gasteiger partial charge < -0.3 is 0 Å². The fourth-order valence-electron chi connectivity index (χ4n) is 3.17. The van der Waals surface area contributed by atoms with E-state index in [1.54, 1.807) is 12.1 Å². The van der Waals surface area contributed by atoms with Crippen molar-refractivity contribution in [3.8, 4) is 0 Å². The van der Waals surface area contributed by atoms with Crippen LogP contribution in [0, 0.1) is 18.7 Å². The number of hydrogen-bond donors (Lipinski definition) is 0. The number of rotatable bonds is 3. The summed E-state index contributed by atoms with van der Waals surface area (Å²) in [5.74, 6) is 0.649. The van der Waals surface area contributed by atoms with E-state index in [0.29, 0.717) is 0 Å². The van der Waals surface area contributed by atoms with Crippen molar-refractivity contribution in [3.63, 3.8) is 0 Å². The van der Waals surface area contributed by atoms with Crippen LogP contribution in [0.15, 0.2) is 42.5 Å². The minimum absolute atomic E-state index is 0.0955. The van der Waals surface area contributed by atoms with Crippen molar-refractivity contribution in [3.05, 3.63) is 70.5 Å². The summed E-state index contributed by atoms with van der Waals surface area (Å²) < 4.78 is 13.2. The van der Waals surface area contributed by atoms with Crippen molar-refractivity contribution in [2.24, 2.45) is 5.92 Å². The molecule has 0 spiro atoms. The molecule has 1 aliphatic carbocycles. The molecule has 2 aromatic carbocycles. The Morgan fingerprint density at radius 3 is 2.65 bits per heavy atom. The second-order valence-electron chi connectivity index (χ2n) is 6.05. The van der Waals surface area contributed by atoms with Crippen LogP contribution >= 0.6 is 0 Å². The molecule has 0 N–H and O–H groups in total. The van der Waals surface area contributed by atoms with Crippen molar-refractivity contribution < 1.29 is 4.39 Å². The van der Waals surface area contributed by atoms with E-state index in [0.717, 1.165) is 25.2 Å². The lowest BCUT2D eigenvalue weighted by atomic mass is 9.81. The fraction of sp³-hybridized carbons (Fsp3) is 0.368. The van der Waals surface area contributed by atoms with E-state index in [4.69, 9.17) is 0 Å². The highest BCUT2D eigenvalue weighted by atomic mass is 19.1. The Balaban J connectivity index is 1.60. The Bertz CT molecular complexity index is 583. The van der Waals surface area contributed by atoms with Gasteiger partial charge in [0.2, 0.25) is 0 Å². The average molecular weight is 268 g/mol. The zero-order valence-electron chi connectivity index (χ0n) is 12.0. The third kappa shape index (κ3) is 3.09. The van der Waals surface area contributed by atoms with E-state index in [2.05, 4.69) is 31.2 Å². The Labute approximate surface area is 120 Å². The molecule has 0 aromatic heterocycles. The van der Waals surface area contributed by atoms with Crippen LogP contribution in [-0.2, 0) is 19.3 Å². The molecule has 1 unspecified atom stereocenters. The van der Waals surface area contributed by atoms with Gasteiger partial charge in [-0.25, -0.2) is 4.39 Å². The molecule has 0 saturated carbocycles.